The van der Waals surface area contributed by atoms with Gasteiger partial charge in [0.2, 0.25) is 0 Å². The molecule has 0 aromatic heterocycles. The van der Waals surface area contributed by atoms with Crippen LogP contribution < -0.4 is 0 Å². The predicted octanol–water partition coefficient (Wildman–Crippen LogP) is 3.71. The Labute approximate surface area is 73.3 Å². The molecule has 1 unspecified atom stereocenters. The van der Waals surface area contributed by atoms with Gasteiger partial charge in [0.25, 0.3) is 5.92 Å². The molecule has 1 aliphatic carbocycles. The summed E-state index contributed by atoms with van der Waals surface area (Å²) in [5.74, 6) is -1.90. The number of hydrogen-bond acceptors (Lipinski definition) is 0. The zero-order valence-electron chi connectivity index (χ0n) is 8.32. The Balaban J connectivity index is 2.66. The summed E-state index contributed by atoms with van der Waals surface area (Å²) >= 11 is 0. The van der Waals surface area contributed by atoms with E-state index >= 15 is 0 Å². The molecule has 0 spiro atoms. The molecule has 2 heteroatoms. The van der Waals surface area contributed by atoms with Gasteiger partial charge in [0, 0.05) is 11.8 Å². The van der Waals surface area contributed by atoms with Crippen molar-refractivity contribution >= 4 is 0 Å². The van der Waals surface area contributed by atoms with Crippen molar-refractivity contribution in [1.29, 1.82) is 0 Å². The first-order valence-corrected chi connectivity index (χ1v) is 4.69. The molecule has 1 fully saturated rings. The molecule has 0 aliphatic heterocycles. The van der Waals surface area contributed by atoms with Crippen LogP contribution in [0.1, 0.15) is 40.5 Å². The van der Waals surface area contributed by atoms with E-state index in [0.717, 1.165) is 0 Å². The Morgan fingerprint density at radius 2 is 1.58 bits per heavy atom. The Morgan fingerprint density at radius 1 is 1.17 bits per heavy atom. The number of hydrogen-bond donors (Lipinski definition) is 0. The van der Waals surface area contributed by atoms with Gasteiger partial charge in [0.05, 0.1) is 0 Å². The van der Waals surface area contributed by atoms with Gasteiger partial charge in [-0.1, -0.05) is 27.7 Å². The van der Waals surface area contributed by atoms with Crippen LogP contribution in [0.4, 0.5) is 8.78 Å². The third kappa shape index (κ3) is 1.36. The fraction of sp³-hybridized carbons (Fsp3) is 1.00. The fourth-order valence-electron chi connectivity index (χ4n) is 2.16. The molecule has 1 rings (SSSR count). The van der Waals surface area contributed by atoms with Gasteiger partial charge in [-0.05, 0) is 18.3 Å². The molecule has 0 saturated heterocycles. The van der Waals surface area contributed by atoms with Crippen LogP contribution >= 0.6 is 0 Å². The Morgan fingerprint density at radius 3 is 1.67 bits per heavy atom. The lowest BCUT2D eigenvalue weighted by molar-refractivity contribution is 0.0349. The maximum atomic E-state index is 13.1. The minimum absolute atomic E-state index is 0.106. The number of halogens is 2. The zero-order chi connectivity index (χ0) is 9.57. The third-order valence-corrected chi connectivity index (χ3v) is 3.02. The van der Waals surface area contributed by atoms with E-state index < -0.39 is 11.3 Å². The first-order chi connectivity index (χ1) is 5.32. The maximum Gasteiger partial charge on any atom is 0.254 e. The monoisotopic (exact) mass is 176 g/mol. The molecule has 1 aliphatic rings. The molecule has 0 amide bonds. The van der Waals surface area contributed by atoms with Crippen LogP contribution in [0, 0.1) is 17.3 Å². The second-order valence-corrected chi connectivity index (χ2v) is 4.79. The van der Waals surface area contributed by atoms with Crippen molar-refractivity contribution in [2.24, 2.45) is 17.3 Å². The van der Waals surface area contributed by atoms with Crippen LogP contribution in [0.2, 0.25) is 0 Å². The van der Waals surface area contributed by atoms with Gasteiger partial charge in [-0.3, -0.25) is 0 Å². The topological polar surface area (TPSA) is 0 Å². The summed E-state index contributed by atoms with van der Waals surface area (Å²) in [6.07, 6.45) is 0.771. The molecule has 0 aromatic rings. The lowest BCUT2D eigenvalue weighted by Crippen LogP contribution is -2.20. The van der Waals surface area contributed by atoms with Crippen molar-refractivity contribution in [3.8, 4) is 0 Å². The average molecular weight is 176 g/mol. The van der Waals surface area contributed by atoms with Gasteiger partial charge in [-0.25, -0.2) is 8.78 Å². The largest absolute Gasteiger partial charge is 0.254 e. The highest BCUT2D eigenvalue weighted by Crippen LogP contribution is 2.67. The van der Waals surface area contributed by atoms with Crippen molar-refractivity contribution in [1.82, 2.24) is 0 Å². The molecule has 0 nitrogen and oxygen atoms in total. The van der Waals surface area contributed by atoms with Crippen LogP contribution in [0.5, 0.6) is 0 Å². The predicted molar refractivity (Wildman–Crippen MR) is 46.3 cm³/mol. The molecule has 0 N–H and O–H groups in total. The van der Waals surface area contributed by atoms with E-state index in [9.17, 15) is 8.78 Å². The minimum Gasteiger partial charge on any atom is -0.206 e. The quantitative estimate of drug-likeness (QED) is 0.615. The van der Waals surface area contributed by atoms with Crippen molar-refractivity contribution in [2.75, 3.05) is 0 Å². The Hall–Kier alpha value is -0.140. The van der Waals surface area contributed by atoms with Gasteiger partial charge >= 0.3 is 0 Å². The second kappa shape index (κ2) is 2.68. The van der Waals surface area contributed by atoms with Gasteiger partial charge in [0.15, 0.2) is 0 Å². The zero-order valence-corrected chi connectivity index (χ0v) is 8.32. The van der Waals surface area contributed by atoms with Gasteiger partial charge in [-0.15, -0.1) is 0 Å². The first kappa shape index (κ1) is 9.94. The molecule has 12 heavy (non-hydrogen) atoms. The number of rotatable bonds is 3. The molecular formula is C10H18F2. The van der Waals surface area contributed by atoms with Crippen LogP contribution in [-0.4, -0.2) is 5.92 Å². The van der Waals surface area contributed by atoms with Crippen LogP contribution in [0.15, 0.2) is 0 Å². The highest BCUT2D eigenvalue weighted by Gasteiger charge is 2.71. The molecule has 0 heterocycles. The van der Waals surface area contributed by atoms with Crippen molar-refractivity contribution in [2.45, 2.75) is 46.5 Å². The molecule has 0 radical (unpaired) electrons. The van der Waals surface area contributed by atoms with E-state index in [0.29, 0.717) is 12.3 Å². The highest BCUT2D eigenvalue weighted by molar-refractivity contribution is 5.11. The smallest absolute Gasteiger partial charge is 0.206 e. The van der Waals surface area contributed by atoms with E-state index in [1.54, 1.807) is 0 Å². The van der Waals surface area contributed by atoms with Gasteiger partial charge < -0.3 is 0 Å². The van der Waals surface area contributed by atoms with E-state index in [-0.39, 0.29) is 12.3 Å². The summed E-state index contributed by atoms with van der Waals surface area (Å²) in [4.78, 5) is 0. The highest BCUT2D eigenvalue weighted by atomic mass is 19.3. The SMILES string of the molecule is CC(C)CC1(C(C)C)CC1(F)F. The molecular weight excluding hydrogens is 158 g/mol. The molecule has 0 bridgehead atoms. The third-order valence-electron chi connectivity index (χ3n) is 3.02. The molecule has 1 atom stereocenters. The summed E-state index contributed by atoms with van der Waals surface area (Å²) in [6.45, 7) is 7.84. The van der Waals surface area contributed by atoms with Crippen LogP contribution in [0.3, 0.4) is 0 Å². The lowest BCUT2D eigenvalue weighted by Gasteiger charge is -2.22. The summed E-state index contributed by atoms with van der Waals surface area (Å²) in [5.41, 5.74) is -0.666. The van der Waals surface area contributed by atoms with E-state index in [1.807, 2.05) is 27.7 Å². The van der Waals surface area contributed by atoms with E-state index in [4.69, 9.17) is 0 Å². The molecule has 0 aromatic carbocycles. The van der Waals surface area contributed by atoms with Crippen LogP contribution in [-0.2, 0) is 0 Å². The Kier molecular flexibility index (Phi) is 2.22. The van der Waals surface area contributed by atoms with Gasteiger partial charge in [-0.2, -0.15) is 0 Å². The lowest BCUT2D eigenvalue weighted by atomic mass is 9.84. The van der Waals surface area contributed by atoms with Crippen LogP contribution in [0.25, 0.3) is 0 Å². The van der Waals surface area contributed by atoms with Crippen molar-refractivity contribution in [3.63, 3.8) is 0 Å². The molecule has 1 saturated carbocycles. The summed E-state index contributed by atoms with van der Waals surface area (Å²) in [6, 6.07) is 0. The first-order valence-electron chi connectivity index (χ1n) is 4.69. The summed E-state index contributed by atoms with van der Waals surface area (Å²) < 4.78 is 26.1. The normalized spacial score (nSPS) is 33.0. The minimum atomic E-state index is -2.38. The van der Waals surface area contributed by atoms with Gasteiger partial charge in [0.1, 0.15) is 0 Å². The van der Waals surface area contributed by atoms with E-state index in [2.05, 4.69) is 0 Å². The Bertz CT molecular complexity index is 173. The maximum absolute atomic E-state index is 13.1. The number of alkyl halides is 2. The fourth-order valence-corrected chi connectivity index (χ4v) is 2.16. The standard InChI is InChI=1S/C10H18F2/c1-7(2)5-9(8(3)4)6-10(9,11)12/h7-8H,5-6H2,1-4H3. The van der Waals surface area contributed by atoms with E-state index in [1.165, 1.54) is 0 Å². The molecule has 72 valence electrons. The summed E-state index contributed by atoms with van der Waals surface area (Å²) in [5, 5.41) is 0. The summed E-state index contributed by atoms with van der Waals surface area (Å²) in [7, 11) is 0. The average Bonchev–Trinajstić information content (AvgIpc) is 2.33. The second-order valence-electron chi connectivity index (χ2n) is 4.79. The van der Waals surface area contributed by atoms with Crippen molar-refractivity contribution < 1.29 is 8.78 Å². The van der Waals surface area contributed by atoms with Crippen molar-refractivity contribution in [3.05, 3.63) is 0 Å².